The second kappa shape index (κ2) is 4.99. The molecule has 0 radical (unpaired) electrons. The molecule has 1 aromatic rings. The molecule has 0 spiro atoms. The fraction of sp³-hybridized carbons (Fsp3) is 0.200. The first kappa shape index (κ1) is 11.0. The summed E-state index contributed by atoms with van der Waals surface area (Å²) in [6.07, 6.45) is -0.0756. The van der Waals surface area contributed by atoms with Crippen LogP contribution in [0.25, 0.3) is 0 Å². The first-order chi connectivity index (χ1) is 7.08. The van der Waals surface area contributed by atoms with Crippen molar-refractivity contribution in [3.05, 3.63) is 29.8 Å². The van der Waals surface area contributed by atoms with Crippen LogP contribution in [0.3, 0.4) is 0 Å². The molecule has 0 aromatic heterocycles. The summed E-state index contributed by atoms with van der Waals surface area (Å²) in [4.78, 5) is 20.9. The number of primary amides is 1. The van der Waals surface area contributed by atoms with E-state index in [1.807, 2.05) is 0 Å². The zero-order chi connectivity index (χ0) is 11.3. The Kier molecular flexibility index (Phi) is 3.68. The van der Waals surface area contributed by atoms with E-state index in [0.717, 1.165) is 0 Å². The Morgan fingerprint density at radius 2 is 2.13 bits per heavy atom. The van der Waals surface area contributed by atoms with Gasteiger partial charge in [0, 0.05) is 0 Å². The van der Waals surface area contributed by atoms with Crippen molar-refractivity contribution in [2.24, 2.45) is 5.73 Å². The quantitative estimate of drug-likeness (QED) is 0.723. The lowest BCUT2D eigenvalue weighted by atomic mass is 10.1. The first-order valence-corrected chi connectivity index (χ1v) is 4.30. The molecule has 0 aliphatic heterocycles. The monoisotopic (exact) mass is 209 g/mol. The maximum absolute atomic E-state index is 10.4. The molecule has 0 unspecified atom stereocenters. The summed E-state index contributed by atoms with van der Waals surface area (Å²) >= 11 is 0. The summed E-state index contributed by atoms with van der Waals surface area (Å²) in [7, 11) is 0. The highest BCUT2D eigenvalue weighted by molar-refractivity contribution is 5.75. The Bertz CT molecular complexity index is 375. The lowest BCUT2D eigenvalue weighted by molar-refractivity contribution is -0.136. The molecule has 0 aliphatic rings. The van der Waals surface area contributed by atoms with Gasteiger partial charge in [-0.1, -0.05) is 12.1 Å². The minimum atomic E-state index is -0.915. The smallest absolute Gasteiger partial charge is 0.307 e. The van der Waals surface area contributed by atoms with Crippen LogP contribution in [0, 0.1) is 0 Å². The van der Waals surface area contributed by atoms with Gasteiger partial charge in [-0.2, -0.15) is 0 Å². The van der Waals surface area contributed by atoms with E-state index in [0.29, 0.717) is 11.3 Å². The molecule has 1 rings (SSSR count). The highest BCUT2D eigenvalue weighted by Crippen LogP contribution is 2.13. The Balaban J connectivity index is 2.65. The number of benzene rings is 1. The Hall–Kier alpha value is -2.04. The van der Waals surface area contributed by atoms with Crippen LogP contribution in [0.15, 0.2) is 24.3 Å². The summed E-state index contributed by atoms with van der Waals surface area (Å²) in [6, 6.07) is 6.53. The highest BCUT2D eigenvalue weighted by Gasteiger charge is 2.02. The number of hydrogen-bond donors (Lipinski definition) is 2. The molecule has 5 nitrogen and oxygen atoms in total. The molecule has 1 aromatic carbocycles. The standard InChI is InChI=1S/C10H11NO4/c11-9(12)6-15-8-3-1-2-7(4-8)5-10(13)14/h1-4H,5-6H2,(H2,11,12)(H,13,14). The van der Waals surface area contributed by atoms with Crippen LogP contribution in [0.5, 0.6) is 5.75 Å². The van der Waals surface area contributed by atoms with Crippen LogP contribution in [0.1, 0.15) is 5.56 Å². The Morgan fingerprint density at radius 3 is 2.73 bits per heavy atom. The van der Waals surface area contributed by atoms with Crippen LogP contribution in [-0.4, -0.2) is 23.6 Å². The van der Waals surface area contributed by atoms with Gasteiger partial charge in [-0.25, -0.2) is 0 Å². The van der Waals surface area contributed by atoms with Crippen LogP contribution >= 0.6 is 0 Å². The van der Waals surface area contributed by atoms with Gasteiger partial charge in [0.2, 0.25) is 0 Å². The summed E-state index contributed by atoms with van der Waals surface area (Å²) in [5.74, 6) is -1.05. The van der Waals surface area contributed by atoms with Crippen molar-refractivity contribution in [1.82, 2.24) is 0 Å². The zero-order valence-corrected chi connectivity index (χ0v) is 7.97. The predicted octanol–water partition coefficient (Wildman–Crippen LogP) is 0.178. The van der Waals surface area contributed by atoms with Gasteiger partial charge >= 0.3 is 5.97 Å². The second-order valence-electron chi connectivity index (χ2n) is 2.97. The topological polar surface area (TPSA) is 89.6 Å². The van der Waals surface area contributed by atoms with Crippen molar-refractivity contribution in [3.8, 4) is 5.75 Å². The molecule has 15 heavy (non-hydrogen) atoms. The average Bonchev–Trinajstić information content (AvgIpc) is 2.14. The number of ether oxygens (including phenoxy) is 1. The summed E-state index contributed by atoms with van der Waals surface area (Å²) in [5, 5.41) is 8.56. The van der Waals surface area contributed by atoms with Crippen LogP contribution < -0.4 is 10.5 Å². The van der Waals surface area contributed by atoms with Crippen molar-refractivity contribution in [3.63, 3.8) is 0 Å². The van der Waals surface area contributed by atoms with E-state index in [-0.39, 0.29) is 13.0 Å². The Morgan fingerprint density at radius 1 is 1.40 bits per heavy atom. The van der Waals surface area contributed by atoms with Crippen LogP contribution in [0.2, 0.25) is 0 Å². The van der Waals surface area contributed by atoms with Crippen molar-refractivity contribution in [1.29, 1.82) is 0 Å². The maximum atomic E-state index is 10.4. The number of aliphatic carboxylic acids is 1. The molecule has 0 aliphatic carbocycles. The van der Waals surface area contributed by atoms with Gasteiger partial charge < -0.3 is 15.6 Å². The number of carbonyl (C=O) groups is 2. The number of rotatable bonds is 5. The molecule has 0 heterocycles. The predicted molar refractivity (Wildman–Crippen MR) is 52.5 cm³/mol. The molecule has 0 fully saturated rings. The van der Waals surface area contributed by atoms with Gasteiger partial charge in [0.25, 0.3) is 5.91 Å². The van der Waals surface area contributed by atoms with Crippen LogP contribution in [0.4, 0.5) is 0 Å². The second-order valence-corrected chi connectivity index (χ2v) is 2.97. The molecule has 3 N–H and O–H groups in total. The largest absolute Gasteiger partial charge is 0.484 e. The number of hydrogen-bond acceptors (Lipinski definition) is 3. The average molecular weight is 209 g/mol. The lowest BCUT2D eigenvalue weighted by Gasteiger charge is -2.04. The van der Waals surface area contributed by atoms with E-state index in [1.54, 1.807) is 24.3 Å². The third-order valence-electron chi connectivity index (χ3n) is 1.63. The lowest BCUT2D eigenvalue weighted by Crippen LogP contribution is -2.20. The molecular weight excluding hydrogens is 198 g/mol. The van der Waals surface area contributed by atoms with Gasteiger partial charge in [0.05, 0.1) is 6.42 Å². The highest BCUT2D eigenvalue weighted by atomic mass is 16.5. The third kappa shape index (κ3) is 4.12. The van der Waals surface area contributed by atoms with E-state index in [2.05, 4.69) is 0 Å². The third-order valence-corrected chi connectivity index (χ3v) is 1.63. The summed E-state index contributed by atoms with van der Waals surface area (Å²) in [5.41, 5.74) is 5.52. The minimum absolute atomic E-state index is 0.0756. The van der Waals surface area contributed by atoms with Gasteiger partial charge in [-0.3, -0.25) is 9.59 Å². The van der Waals surface area contributed by atoms with Gasteiger partial charge in [0.1, 0.15) is 5.75 Å². The number of carbonyl (C=O) groups excluding carboxylic acids is 1. The number of carboxylic acid groups (broad SMARTS) is 1. The van der Waals surface area contributed by atoms with E-state index in [1.165, 1.54) is 0 Å². The molecule has 0 bridgehead atoms. The van der Waals surface area contributed by atoms with Crippen molar-refractivity contribution in [2.45, 2.75) is 6.42 Å². The van der Waals surface area contributed by atoms with Crippen molar-refractivity contribution < 1.29 is 19.4 Å². The fourth-order valence-electron chi connectivity index (χ4n) is 1.07. The van der Waals surface area contributed by atoms with Gasteiger partial charge in [-0.15, -0.1) is 0 Å². The normalized spacial score (nSPS) is 9.60. The number of carboxylic acids is 1. The van der Waals surface area contributed by atoms with E-state index < -0.39 is 11.9 Å². The van der Waals surface area contributed by atoms with Gasteiger partial charge in [0.15, 0.2) is 6.61 Å². The fourth-order valence-corrected chi connectivity index (χ4v) is 1.07. The molecule has 5 heteroatoms. The van der Waals surface area contributed by atoms with Crippen LogP contribution in [-0.2, 0) is 16.0 Å². The molecule has 0 atom stereocenters. The number of nitrogens with two attached hydrogens (primary N) is 1. The Labute approximate surface area is 86.5 Å². The molecule has 80 valence electrons. The molecule has 0 saturated carbocycles. The minimum Gasteiger partial charge on any atom is -0.484 e. The number of amides is 1. The van der Waals surface area contributed by atoms with E-state index >= 15 is 0 Å². The first-order valence-electron chi connectivity index (χ1n) is 4.30. The van der Waals surface area contributed by atoms with Gasteiger partial charge in [-0.05, 0) is 17.7 Å². The van der Waals surface area contributed by atoms with E-state index in [4.69, 9.17) is 15.6 Å². The molecule has 1 amide bonds. The summed E-state index contributed by atoms with van der Waals surface area (Å²) < 4.78 is 5.02. The SMILES string of the molecule is NC(=O)COc1cccc(CC(=O)O)c1. The summed E-state index contributed by atoms with van der Waals surface area (Å²) in [6.45, 7) is -0.212. The van der Waals surface area contributed by atoms with E-state index in [9.17, 15) is 9.59 Å². The van der Waals surface area contributed by atoms with Crippen molar-refractivity contribution in [2.75, 3.05) is 6.61 Å². The molecular formula is C10H11NO4. The zero-order valence-electron chi connectivity index (χ0n) is 7.97. The molecule has 0 saturated heterocycles. The maximum Gasteiger partial charge on any atom is 0.307 e. The van der Waals surface area contributed by atoms with Crippen molar-refractivity contribution >= 4 is 11.9 Å².